The van der Waals surface area contributed by atoms with Gasteiger partial charge in [-0.15, -0.1) is 0 Å². The van der Waals surface area contributed by atoms with Gasteiger partial charge < -0.3 is 15.4 Å². The van der Waals surface area contributed by atoms with Crippen molar-refractivity contribution in [3.05, 3.63) is 51.8 Å². The van der Waals surface area contributed by atoms with Gasteiger partial charge in [-0.05, 0) is 12.1 Å². The number of anilines is 2. The summed E-state index contributed by atoms with van der Waals surface area (Å²) in [6.45, 7) is 0. The van der Waals surface area contributed by atoms with Crippen molar-refractivity contribution in [3.63, 3.8) is 0 Å². The van der Waals surface area contributed by atoms with E-state index in [1.165, 1.54) is 24.4 Å². The molecule has 3 N–H and O–H groups in total. The second kappa shape index (κ2) is 4.28. The van der Waals surface area contributed by atoms with Gasteiger partial charge in [0.15, 0.2) is 5.43 Å². The molecule has 0 saturated carbocycles. The molecular formula is C11H9ClN2O2. The molecular weight excluding hydrogens is 228 g/mol. The Labute approximate surface area is 96.5 Å². The quantitative estimate of drug-likeness (QED) is 0.702. The fourth-order valence-electron chi connectivity index (χ4n) is 1.27. The first-order valence-electron chi connectivity index (χ1n) is 4.59. The third kappa shape index (κ3) is 2.35. The molecule has 5 heteroatoms. The topological polar surface area (TPSA) is 65.1 Å². The molecule has 0 aliphatic carbocycles. The Balaban J connectivity index is 2.30. The molecule has 1 aromatic heterocycles. The summed E-state index contributed by atoms with van der Waals surface area (Å²) in [7, 11) is 0. The molecule has 0 amide bonds. The number of pyridine rings is 1. The van der Waals surface area contributed by atoms with Crippen molar-refractivity contribution >= 4 is 23.1 Å². The molecule has 0 aliphatic heterocycles. The molecule has 0 aliphatic rings. The van der Waals surface area contributed by atoms with Gasteiger partial charge in [0.2, 0.25) is 0 Å². The number of rotatable bonds is 2. The van der Waals surface area contributed by atoms with Crippen LogP contribution in [0.15, 0.2) is 41.3 Å². The zero-order chi connectivity index (χ0) is 11.5. The second-order valence-corrected chi connectivity index (χ2v) is 3.66. The predicted octanol–water partition coefficient (Wildman–Crippen LogP) is 2.48. The molecule has 1 aromatic carbocycles. The Morgan fingerprint density at radius 2 is 2.06 bits per heavy atom. The minimum atomic E-state index is -0.116. The molecule has 0 unspecified atom stereocenters. The number of halogens is 1. The maximum absolute atomic E-state index is 11.1. The maximum Gasteiger partial charge on any atom is 0.183 e. The van der Waals surface area contributed by atoms with E-state index in [0.29, 0.717) is 16.5 Å². The third-order valence-corrected chi connectivity index (χ3v) is 2.24. The fraction of sp³-hybridized carbons (Fsp3) is 0. The van der Waals surface area contributed by atoms with Crippen LogP contribution in [-0.2, 0) is 0 Å². The Bertz CT molecular complexity index is 566. The van der Waals surface area contributed by atoms with Gasteiger partial charge >= 0.3 is 0 Å². The Morgan fingerprint density at radius 3 is 2.75 bits per heavy atom. The van der Waals surface area contributed by atoms with Crippen LogP contribution in [0.1, 0.15) is 0 Å². The molecule has 0 atom stereocenters. The summed E-state index contributed by atoms with van der Waals surface area (Å²) in [5.74, 6) is 0.530. The lowest BCUT2D eigenvalue weighted by Gasteiger charge is -2.07. The van der Waals surface area contributed by atoms with Gasteiger partial charge in [0.1, 0.15) is 11.6 Å². The van der Waals surface area contributed by atoms with Gasteiger partial charge in [-0.3, -0.25) is 4.79 Å². The normalized spacial score (nSPS) is 10.1. The second-order valence-electron chi connectivity index (χ2n) is 3.22. The van der Waals surface area contributed by atoms with E-state index >= 15 is 0 Å². The van der Waals surface area contributed by atoms with Gasteiger partial charge in [0, 0.05) is 29.4 Å². The molecule has 82 valence electrons. The van der Waals surface area contributed by atoms with Crippen molar-refractivity contribution in [2.45, 2.75) is 0 Å². The maximum atomic E-state index is 11.1. The lowest BCUT2D eigenvalue weighted by atomic mass is 10.3. The van der Waals surface area contributed by atoms with E-state index in [4.69, 9.17) is 11.6 Å². The van der Waals surface area contributed by atoms with Crippen molar-refractivity contribution in [2.24, 2.45) is 0 Å². The molecule has 0 bridgehead atoms. The van der Waals surface area contributed by atoms with Crippen LogP contribution in [0, 0.1) is 0 Å². The fourth-order valence-corrected chi connectivity index (χ4v) is 1.44. The largest absolute Gasteiger partial charge is 0.506 e. The molecule has 0 fully saturated rings. The van der Waals surface area contributed by atoms with Crippen molar-refractivity contribution < 1.29 is 5.11 Å². The smallest absolute Gasteiger partial charge is 0.183 e. The van der Waals surface area contributed by atoms with Crippen LogP contribution in [0.5, 0.6) is 5.75 Å². The van der Waals surface area contributed by atoms with E-state index in [2.05, 4.69) is 10.3 Å². The first-order valence-corrected chi connectivity index (χ1v) is 4.97. The molecule has 0 saturated heterocycles. The SMILES string of the molecule is O=c1cc[nH]c(Nc2ccc(Cl)cc2O)c1. The molecule has 2 aromatic rings. The highest BCUT2D eigenvalue weighted by Crippen LogP contribution is 2.28. The summed E-state index contributed by atoms with van der Waals surface area (Å²) >= 11 is 5.70. The zero-order valence-electron chi connectivity index (χ0n) is 8.20. The molecule has 4 nitrogen and oxygen atoms in total. The van der Waals surface area contributed by atoms with E-state index in [1.54, 1.807) is 12.1 Å². The van der Waals surface area contributed by atoms with E-state index in [0.717, 1.165) is 0 Å². The van der Waals surface area contributed by atoms with Gasteiger partial charge in [-0.25, -0.2) is 0 Å². The Kier molecular flexibility index (Phi) is 2.83. The van der Waals surface area contributed by atoms with Crippen LogP contribution in [0.25, 0.3) is 0 Å². The number of aromatic nitrogens is 1. The lowest BCUT2D eigenvalue weighted by molar-refractivity contribution is 0.478. The number of phenols is 1. The summed E-state index contributed by atoms with van der Waals surface area (Å²) in [6.07, 6.45) is 1.53. The van der Waals surface area contributed by atoms with Crippen molar-refractivity contribution in [1.82, 2.24) is 4.98 Å². The van der Waals surface area contributed by atoms with E-state index in [9.17, 15) is 9.90 Å². The average Bonchev–Trinajstić information content (AvgIpc) is 2.22. The molecule has 0 radical (unpaired) electrons. The van der Waals surface area contributed by atoms with E-state index in [-0.39, 0.29) is 11.2 Å². The lowest BCUT2D eigenvalue weighted by Crippen LogP contribution is -2.01. The van der Waals surface area contributed by atoms with Crippen LogP contribution >= 0.6 is 11.6 Å². The average molecular weight is 237 g/mol. The highest BCUT2D eigenvalue weighted by Gasteiger charge is 2.02. The summed E-state index contributed by atoms with van der Waals surface area (Å²) in [4.78, 5) is 13.9. The van der Waals surface area contributed by atoms with Crippen LogP contribution in [-0.4, -0.2) is 10.1 Å². The van der Waals surface area contributed by atoms with Crippen molar-refractivity contribution in [2.75, 3.05) is 5.32 Å². The van der Waals surface area contributed by atoms with E-state index in [1.807, 2.05) is 0 Å². The van der Waals surface area contributed by atoms with Crippen LogP contribution in [0.3, 0.4) is 0 Å². The Morgan fingerprint density at radius 1 is 1.25 bits per heavy atom. The molecule has 16 heavy (non-hydrogen) atoms. The molecule has 0 spiro atoms. The molecule has 2 rings (SSSR count). The van der Waals surface area contributed by atoms with Crippen molar-refractivity contribution in [1.29, 1.82) is 0 Å². The highest BCUT2D eigenvalue weighted by atomic mass is 35.5. The van der Waals surface area contributed by atoms with E-state index < -0.39 is 0 Å². The first-order chi connectivity index (χ1) is 7.65. The number of hydrogen-bond acceptors (Lipinski definition) is 3. The minimum absolute atomic E-state index is 0.0252. The third-order valence-electron chi connectivity index (χ3n) is 2.00. The van der Waals surface area contributed by atoms with Crippen LogP contribution in [0.4, 0.5) is 11.5 Å². The highest BCUT2D eigenvalue weighted by molar-refractivity contribution is 6.30. The van der Waals surface area contributed by atoms with Gasteiger partial charge in [0.25, 0.3) is 0 Å². The molecule has 1 heterocycles. The minimum Gasteiger partial charge on any atom is -0.506 e. The van der Waals surface area contributed by atoms with Gasteiger partial charge in [-0.1, -0.05) is 11.6 Å². The number of benzene rings is 1. The number of aromatic hydroxyl groups is 1. The number of aromatic amines is 1. The predicted molar refractivity (Wildman–Crippen MR) is 63.5 cm³/mol. The first kappa shape index (κ1) is 10.6. The summed E-state index contributed by atoms with van der Waals surface area (Å²) in [5, 5.41) is 12.9. The number of phenolic OH excluding ortho intramolecular Hbond substituents is 1. The van der Waals surface area contributed by atoms with Gasteiger partial charge in [-0.2, -0.15) is 0 Å². The van der Waals surface area contributed by atoms with Gasteiger partial charge in [0.05, 0.1) is 5.69 Å². The summed E-state index contributed by atoms with van der Waals surface area (Å²) in [5.41, 5.74) is 0.362. The monoisotopic (exact) mass is 236 g/mol. The summed E-state index contributed by atoms with van der Waals surface area (Å²) in [6, 6.07) is 7.50. The number of H-pyrrole nitrogens is 1. The van der Waals surface area contributed by atoms with Crippen LogP contribution < -0.4 is 10.7 Å². The van der Waals surface area contributed by atoms with Crippen LogP contribution in [0.2, 0.25) is 5.02 Å². The standard InChI is InChI=1S/C11H9ClN2O2/c12-7-1-2-9(10(16)5-7)14-11-6-8(15)3-4-13-11/h1-6,16H,(H2,13,14,15). The zero-order valence-corrected chi connectivity index (χ0v) is 8.95. The number of nitrogens with one attached hydrogen (secondary N) is 2. The number of hydrogen-bond donors (Lipinski definition) is 3. The Hall–Kier alpha value is -1.94. The summed E-state index contributed by atoms with van der Waals surface area (Å²) < 4.78 is 0. The van der Waals surface area contributed by atoms with Crippen molar-refractivity contribution in [3.8, 4) is 5.75 Å².